The molecule has 3 aromatic carbocycles. The van der Waals surface area contributed by atoms with Crippen molar-refractivity contribution in [3.63, 3.8) is 0 Å². The first kappa shape index (κ1) is 31.4. The molecule has 0 bridgehead atoms. The molecule has 0 radical (unpaired) electrons. The second-order valence-corrected chi connectivity index (χ2v) is 10.6. The van der Waals surface area contributed by atoms with Crippen LogP contribution in [0, 0.1) is 19.7 Å². The zero-order valence-electron chi connectivity index (χ0n) is 24.0. The van der Waals surface area contributed by atoms with E-state index in [2.05, 4.69) is 0 Å². The van der Waals surface area contributed by atoms with Gasteiger partial charge in [-0.1, -0.05) is 35.9 Å². The molecular weight excluding hydrogens is 573 g/mol. The van der Waals surface area contributed by atoms with E-state index in [0.29, 0.717) is 58.9 Å². The van der Waals surface area contributed by atoms with Crippen LogP contribution in [0.2, 0.25) is 5.02 Å². The maximum Gasteiger partial charge on any atom is 0.323 e. The maximum absolute atomic E-state index is 14.6. The summed E-state index contributed by atoms with van der Waals surface area (Å²) in [6, 6.07) is 13.9. The fourth-order valence-corrected chi connectivity index (χ4v) is 5.26. The molecule has 4 aromatic rings. The second kappa shape index (κ2) is 14.6. The Morgan fingerprint density at radius 2 is 1.60 bits per heavy atom. The fourth-order valence-electron chi connectivity index (χ4n) is 4.93. The Kier molecular flexibility index (Phi) is 10.6. The fraction of sp³-hybridized carbons (Fsp3) is 0.235. The summed E-state index contributed by atoms with van der Waals surface area (Å²) >= 11 is 6.07. The van der Waals surface area contributed by atoms with E-state index in [1.165, 1.54) is 12.1 Å². The first-order chi connectivity index (χ1) is 20.6. The predicted molar refractivity (Wildman–Crippen MR) is 167 cm³/mol. The van der Waals surface area contributed by atoms with Crippen LogP contribution in [0.15, 0.2) is 66.9 Å². The summed E-state index contributed by atoms with van der Waals surface area (Å²) in [5.74, 6) is -0.898. The van der Waals surface area contributed by atoms with E-state index in [-0.39, 0.29) is 13.0 Å². The van der Waals surface area contributed by atoms with Crippen molar-refractivity contribution in [3.8, 4) is 11.5 Å². The minimum Gasteiger partial charge on any atom is -0.490 e. The molecule has 0 unspecified atom stereocenters. The second-order valence-electron chi connectivity index (χ2n) is 10.2. The largest absolute Gasteiger partial charge is 0.490 e. The van der Waals surface area contributed by atoms with Crippen molar-refractivity contribution in [1.29, 1.82) is 0 Å². The predicted octanol–water partition coefficient (Wildman–Crippen LogP) is 7.73. The third-order valence-corrected chi connectivity index (χ3v) is 7.01. The van der Waals surface area contributed by atoms with E-state index in [1.54, 1.807) is 16.8 Å². The number of carboxylic acids is 2. The normalized spacial score (nSPS) is 11.5. The van der Waals surface area contributed by atoms with Crippen molar-refractivity contribution < 1.29 is 33.7 Å². The summed E-state index contributed by atoms with van der Waals surface area (Å²) in [6.45, 7) is 4.39. The van der Waals surface area contributed by atoms with Crippen LogP contribution in [0.1, 0.15) is 40.7 Å². The van der Waals surface area contributed by atoms with Crippen LogP contribution in [0.3, 0.4) is 0 Å². The lowest BCUT2D eigenvalue weighted by Gasteiger charge is -2.11. The van der Waals surface area contributed by atoms with Gasteiger partial charge in [-0.25, -0.2) is 4.39 Å². The summed E-state index contributed by atoms with van der Waals surface area (Å²) in [5.41, 5.74) is 4.64. The lowest BCUT2D eigenvalue weighted by atomic mass is 10.0. The number of aliphatic carboxylic acids is 2. The van der Waals surface area contributed by atoms with Crippen LogP contribution < -0.4 is 9.47 Å². The Balaban J connectivity index is 1.40. The number of carboxylic acid groups (broad SMARTS) is 2. The lowest BCUT2D eigenvalue weighted by molar-refractivity contribution is -0.138. The molecule has 1 aromatic heterocycles. The molecule has 4 rings (SSSR count). The van der Waals surface area contributed by atoms with E-state index >= 15 is 0 Å². The molecule has 0 saturated carbocycles. The van der Waals surface area contributed by atoms with Crippen LogP contribution in [0.25, 0.3) is 23.1 Å². The van der Waals surface area contributed by atoms with E-state index in [4.69, 9.17) is 26.2 Å². The van der Waals surface area contributed by atoms with Crippen molar-refractivity contribution in [2.75, 3.05) is 13.2 Å². The van der Waals surface area contributed by atoms with Crippen molar-refractivity contribution in [1.82, 2.24) is 4.57 Å². The molecule has 0 spiro atoms. The number of carbonyl (C=O) groups is 2. The van der Waals surface area contributed by atoms with Gasteiger partial charge >= 0.3 is 11.9 Å². The summed E-state index contributed by atoms with van der Waals surface area (Å²) in [5, 5.41) is 19.7. The molecule has 224 valence electrons. The van der Waals surface area contributed by atoms with Gasteiger partial charge in [0.1, 0.15) is 37.1 Å². The SMILES string of the molecule is Cc1cc(Cl)cc(C)c1OC/C=C/COc1ccc(C=Cc2cc(F)cc3c(CCCC(=O)O)cn(CC(=O)O)c23)cc1. The summed E-state index contributed by atoms with van der Waals surface area (Å²) in [4.78, 5) is 22.5. The first-order valence-electron chi connectivity index (χ1n) is 13.8. The number of rotatable bonds is 14. The highest BCUT2D eigenvalue weighted by Crippen LogP contribution is 2.30. The Morgan fingerprint density at radius 3 is 2.26 bits per heavy atom. The number of hydrogen-bond donors (Lipinski definition) is 2. The van der Waals surface area contributed by atoms with Gasteiger partial charge in [0.25, 0.3) is 0 Å². The molecule has 0 aliphatic rings. The number of halogens is 2. The lowest BCUT2D eigenvalue weighted by Crippen LogP contribution is -2.08. The van der Waals surface area contributed by atoms with Gasteiger partial charge < -0.3 is 24.3 Å². The van der Waals surface area contributed by atoms with Crippen molar-refractivity contribution in [3.05, 3.63) is 106 Å². The van der Waals surface area contributed by atoms with Crippen LogP contribution >= 0.6 is 11.6 Å². The summed E-state index contributed by atoms with van der Waals surface area (Å²) in [7, 11) is 0. The molecule has 0 fully saturated rings. The van der Waals surface area contributed by atoms with Gasteiger partial charge in [-0.05, 0) is 97.5 Å². The number of aromatic nitrogens is 1. The Bertz CT molecular complexity index is 1650. The van der Waals surface area contributed by atoms with E-state index in [0.717, 1.165) is 22.4 Å². The first-order valence-corrected chi connectivity index (χ1v) is 14.2. The van der Waals surface area contributed by atoms with Crippen LogP contribution in [-0.4, -0.2) is 39.9 Å². The minimum atomic E-state index is -1.03. The van der Waals surface area contributed by atoms with Crippen LogP contribution in [0.5, 0.6) is 11.5 Å². The molecular formula is C34H33ClFNO6. The van der Waals surface area contributed by atoms with E-state index < -0.39 is 17.8 Å². The third-order valence-electron chi connectivity index (χ3n) is 6.79. The van der Waals surface area contributed by atoms with Gasteiger partial charge in [0, 0.05) is 28.6 Å². The number of ether oxygens (including phenoxy) is 2. The smallest absolute Gasteiger partial charge is 0.323 e. The van der Waals surface area contributed by atoms with Gasteiger partial charge in [-0.15, -0.1) is 0 Å². The zero-order chi connectivity index (χ0) is 30.9. The van der Waals surface area contributed by atoms with Gasteiger partial charge in [-0.2, -0.15) is 0 Å². The van der Waals surface area contributed by atoms with Gasteiger partial charge in [0.2, 0.25) is 0 Å². The van der Waals surface area contributed by atoms with Crippen molar-refractivity contribution in [2.45, 2.75) is 39.7 Å². The Labute approximate surface area is 254 Å². The number of aryl methyl sites for hydroxylation is 3. The minimum absolute atomic E-state index is 0.0259. The number of nitrogens with zero attached hydrogens (tertiary/aromatic N) is 1. The zero-order valence-corrected chi connectivity index (χ0v) is 24.7. The molecule has 1 heterocycles. The van der Waals surface area contributed by atoms with E-state index in [9.17, 15) is 19.1 Å². The molecule has 7 nitrogen and oxygen atoms in total. The quantitative estimate of drug-likeness (QED) is 0.113. The topological polar surface area (TPSA) is 98.0 Å². The Morgan fingerprint density at radius 1 is 0.930 bits per heavy atom. The summed E-state index contributed by atoms with van der Waals surface area (Å²) < 4.78 is 27.8. The third kappa shape index (κ3) is 8.72. The molecule has 0 amide bonds. The number of hydrogen-bond acceptors (Lipinski definition) is 4. The molecule has 0 atom stereocenters. The number of fused-ring (bicyclic) bond motifs is 1. The molecule has 2 N–H and O–H groups in total. The highest BCUT2D eigenvalue weighted by Gasteiger charge is 2.15. The van der Waals surface area contributed by atoms with E-state index in [1.807, 2.05) is 68.5 Å². The molecule has 0 saturated heterocycles. The van der Waals surface area contributed by atoms with Gasteiger partial charge in [0.15, 0.2) is 0 Å². The average Bonchev–Trinajstić information content (AvgIpc) is 3.26. The highest BCUT2D eigenvalue weighted by atomic mass is 35.5. The molecule has 0 aliphatic heterocycles. The molecule has 43 heavy (non-hydrogen) atoms. The monoisotopic (exact) mass is 605 g/mol. The van der Waals surface area contributed by atoms with Gasteiger partial charge in [0.05, 0.1) is 5.52 Å². The van der Waals surface area contributed by atoms with Crippen molar-refractivity contribution in [2.24, 2.45) is 0 Å². The standard InChI is InChI=1S/C34H33ClFNO6/c1-22-16-27(35)17-23(2)34(22)43-15-4-3-14-42-29-12-9-24(10-13-29)8-11-25-18-28(36)19-30-26(6-5-7-31(38)39)20-37(33(25)30)21-32(40)41/h3-4,8-13,16-20H,5-7,14-15,21H2,1-2H3,(H,38,39)(H,40,41)/b4-3+,11-8?. The average molecular weight is 606 g/mol. The molecule has 0 aliphatic carbocycles. The van der Waals surface area contributed by atoms with Crippen LogP contribution in [0.4, 0.5) is 4.39 Å². The van der Waals surface area contributed by atoms with Gasteiger partial charge in [-0.3, -0.25) is 9.59 Å². The Hall–Kier alpha value is -4.56. The number of benzene rings is 3. The van der Waals surface area contributed by atoms with Crippen LogP contribution in [-0.2, 0) is 22.6 Å². The highest BCUT2D eigenvalue weighted by molar-refractivity contribution is 6.30. The van der Waals surface area contributed by atoms with Crippen molar-refractivity contribution >= 4 is 46.6 Å². The molecule has 9 heteroatoms. The maximum atomic E-state index is 14.6. The summed E-state index contributed by atoms with van der Waals surface area (Å²) in [6.07, 6.45) is 9.74.